The third kappa shape index (κ3) is 4.72. The maximum Gasteiger partial charge on any atom is 0.323 e. The van der Waals surface area contributed by atoms with Crippen LogP contribution in [0.1, 0.15) is 0 Å². The van der Waals surface area contributed by atoms with E-state index in [1.165, 1.54) is 7.11 Å². The number of carbonyl (C=O) groups is 1. The molecule has 0 radical (unpaired) electrons. The van der Waals surface area contributed by atoms with Gasteiger partial charge in [-0.2, -0.15) is 0 Å². The van der Waals surface area contributed by atoms with Gasteiger partial charge in [-0.15, -0.1) is 0 Å². The molecule has 0 aromatic rings. The molecule has 0 saturated heterocycles. The first-order valence-electron chi connectivity index (χ1n) is 3.28. The molecule has 11 heavy (non-hydrogen) atoms. The van der Waals surface area contributed by atoms with Gasteiger partial charge in [0.25, 0.3) is 0 Å². The number of aliphatic carboxylic acids is 1. The Morgan fingerprint density at radius 1 is 1.73 bits per heavy atom. The lowest BCUT2D eigenvalue weighted by molar-refractivity contribution is -0.140. The molecule has 1 unspecified atom stereocenters. The molecular formula is C6H13NO4. The van der Waals surface area contributed by atoms with E-state index in [0.717, 1.165) is 0 Å². The number of carboxylic acids is 1. The second-order valence-electron chi connectivity index (χ2n) is 2.02. The van der Waals surface area contributed by atoms with Crippen molar-refractivity contribution in [3.63, 3.8) is 0 Å². The number of methoxy groups -OCH3 is 1. The molecule has 0 saturated carbocycles. The normalized spacial score (nSPS) is 12.9. The molecule has 0 heterocycles. The van der Waals surface area contributed by atoms with Crippen molar-refractivity contribution in [2.24, 2.45) is 0 Å². The summed E-state index contributed by atoms with van der Waals surface area (Å²) in [5.74, 6) is -1.05. The largest absolute Gasteiger partial charge is 0.480 e. The van der Waals surface area contributed by atoms with Crippen molar-refractivity contribution in [1.82, 2.24) is 5.32 Å². The Labute approximate surface area is 65.0 Å². The summed E-state index contributed by atoms with van der Waals surface area (Å²) in [6.45, 7) is 0.455. The summed E-state index contributed by atoms with van der Waals surface area (Å²) in [4.78, 5) is 10.3. The molecule has 0 aliphatic carbocycles. The van der Waals surface area contributed by atoms with Crippen LogP contribution in [-0.4, -0.2) is 49.1 Å². The van der Waals surface area contributed by atoms with Crippen LogP contribution in [0, 0.1) is 0 Å². The summed E-state index contributed by atoms with van der Waals surface area (Å²) < 4.78 is 4.68. The molecule has 0 aliphatic heterocycles. The predicted molar refractivity (Wildman–Crippen MR) is 38.4 cm³/mol. The van der Waals surface area contributed by atoms with E-state index < -0.39 is 18.6 Å². The Hall–Kier alpha value is -0.650. The SMILES string of the molecule is COCCNC(CO)C(=O)O. The lowest BCUT2D eigenvalue weighted by Gasteiger charge is -2.09. The Bertz CT molecular complexity index is 117. The van der Waals surface area contributed by atoms with E-state index in [1.54, 1.807) is 0 Å². The van der Waals surface area contributed by atoms with Gasteiger partial charge >= 0.3 is 5.97 Å². The summed E-state index contributed by atoms with van der Waals surface area (Å²) in [7, 11) is 1.52. The topological polar surface area (TPSA) is 78.8 Å². The van der Waals surface area contributed by atoms with Crippen LogP contribution in [0.2, 0.25) is 0 Å². The molecule has 0 rings (SSSR count). The number of aliphatic hydroxyl groups excluding tert-OH is 1. The maximum atomic E-state index is 10.3. The van der Waals surface area contributed by atoms with Crippen LogP contribution in [0.25, 0.3) is 0 Å². The molecule has 0 aliphatic rings. The Morgan fingerprint density at radius 3 is 2.73 bits per heavy atom. The van der Waals surface area contributed by atoms with Gasteiger partial charge in [0, 0.05) is 13.7 Å². The second kappa shape index (κ2) is 6.09. The maximum absolute atomic E-state index is 10.3. The van der Waals surface area contributed by atoms with Crippen molar-refractivity contribution < 1.29 is 19.7 Å². The predicted octanol–water partition coefficient (Wildman–Crippen LogP) is -1.33. The Kier molecular flexibility index (Phi) is 5.73. The molecule has 5 heteroatoms. The zero-order valence-corrected chi connectivity index (χ0v) is 6.41. The average molecular weight is 163 g/mol. The Balaban J connectivity index is 3.44. The minimum atomic E-state index is -1.05. The first kappa shape index (κ1) is 10.3. The average Bonchev–Trinajstić information content (AvgIpc) is 1.97. The van der Waals surface area contributed by atoms with Crippen molar-refractivity contribution in [1.29, 1.82) is 0 Å². The fraction of sp³-hybridized carbons (Fsp3) is 0.833. The minimum Gasteiger partial charge on any atom is -0.480 e. The first-order valence-corrected chi connectivity index (χ1v) is 3.28. The molecule has 0 aromatic heterocycles. The highest BCUT2D eigenvalue weighted by Crippen LogP contribution is 1.80. The third-order valence-electron chi connectivity index (χ3n) is 1.18. The molecule has 3 N–H and O–H groups in total. The van der Waals surface area contributed by atoms with E-state index in [2.05, 4.69) is 10.1 Å². The van der Waals surface area contributed by atoms with Gasteiger partial charge < -0.3 is 20.3 Å². The lowest BCUT2D eigenvalue weighted by Crippen LogP contribution is -2.41. The molecular weight excluding hydrogens is 150 g/mol. The summed E-state index contributed by atoms with van der Waals surface area (Å²) in [6, 6.07) is -0.884. The van der Waals surface area contributed by atoms with Gasteiger partial charge in [-0.3, -0.25) is 4.79 Å². The van der Waals surface area contributed by atoms with Gasteiger partial charge in [0.15, 0.2) is 0 Å². The number of nitrogens with one attached hydrogen (secondary N) is 1. The zero-order chi connectivity index (χ0) is 8.69. The lowest BCUT2D eigenvalue weighted by atomic mass is 10.3. The summed E-state index contributed by atoms with van der Waals surface area (Å²) in [6.07, 6.45) is 0. The van der Waals surface area contributed by atoms with Crippen LogP contribution >= 0.6 is 0 Å². The van der Waals surface area contributed by atoms with Crippen LogP contribution in [0.15, 0.2) is 0 Å². The minimum absolute atomic E-state index is 0.404. The molecule has 0 fully saturated rings. The van der Waals surface area contributed by atoms with E-state index in [-0.39, 0.29) is 0 Å². The fourth-order valence-electron chi connectivity index (χ4n) is 0.565. The van der Waals surface area contributed by atoms with Gasteiger partial charge in [0.05, 0.1) is 13.2 Å². The smallest absolute Gasteiger partial charge is 0.323 e. The zero-order valence-electron chi connectivity index (χ0n) is 6.41. The van der Waals surface area contributed by atoms with Crippen molar-refractivity contribution in [2.75, 3.05) is 26.9 Å². The quantitative estimate of drug-likeness (QED) is 0.423. The van der Waals surface area contributed by atoms with Gasteiger partial charge in [0.2, 0.25) is 0 Å². The van der Waals surface area contributed by atoms with Gasteiger partial charge in [-0.05, 0) is 0 Å². The van der Waals surface area contributed by atoms with Crippen LogP contribution in [0.3, 0.4) is 0 Å². The molecule has 0 amide bonds. The monoisotopic (exact) mass is 163 g/mol. The van der Waals surface area contributed by atoms with E-state index >= 15 is 0 Å². The van der Waals surface area contributed by atoms with Crippen molar-refractivity contribution in [3.05, 3.63) is 0 Å². The first-order chi connectivity index (χ1) is 5.22. The molecule has 1 atom stereocenters. The standard InChI is InChI=1S/C6H13NO4/c1-11-3-2-7-5(4-8)6(9)10/h5,7-8H,2-4H2,1H3,(H,9,10). The van der Waals surface area contributed by atoms with Crippen molar-refractivity contribution in [3.8, 4) is 0 Å². The number of rotatable bonds is 6. The summed E-state index contributed by atoms with van der Waals surface area (Å²) in [5, 5.41) is 19.5. The molecule has 5 nitrogen and oxygen atoms in total. The fourth-order valence-corrected chi connectivity index (χ4v) is 0.565. The number of hydrogen-bond donors (Lipinski definition) is 3. The molecule has 0 aromatic carbocycles. The summed E-state index contributed by atoms with van der Waals surface area (Å²) in [5.41, 5.74) is 0. The van der Waals surface area contributed by atoms with Crippen LogP contribution in [0.5, 0.6) is 0 Å². The highest BCUT2D eigenvalue weighted by atomic mass is 16.5. The molecule has 66 valence electrons. The highest BCUT2D eigenvalue weighted by molar-refractivity contribution is 5.73. The number of ether oxygens (including phenoxy) is 1. The Morgan fingerprint density at radius 2 is 2.36 bits per heavy atom. The molecule has 0 bridgehead atoms. The number of hydrogen-bond acceptors (Lipinski definition) is 4. The molecule has 0 spiro atoms. The van der Waals surface area contributed by atoms with E-state index in [9.17, 15) is 4.79 Å². The third-order valence-corrected chi connectivity index (χ3v) is 1.18. The van der Waals surface area contributed by atoms with Crippen molar-refractivity contribution >= 4 is 5.97 Å². The van der Waals surface area contributed by atoms with E-state index in [1.807, 2.05) is 0 Å². The van der Waals surface area contributed by atoms with Crippen LogP contribution in [-0.2, 0) is 9.53 Å². The second-order valence-corrected chi connectivity index (χ2v) is 2.02. The van der Waals surface area contributed by atoms with Crippen molar-refractivity contribution in [2.45, 2.75) is 6.04 Å². The van der Waals surface area contributed by atoms with Gasteiger partial charge in [0.1, 0.15) is 6.04 Å². The summed E-state index contributed by atoms with van der Waals surface area (Å²) >= 11 is 0. The van der Waals surface area contributed by atoms with Crippen LogP contribution < -0.4 is 5.32 Å². The van der Waals surface area contributed by atoms with E-state index in [4.69, 9.17) is 10.2 Å². The van der Waals surface area contributed by atoms with Gasteiger partial charge in [-0.25, -0.2) is 0 Å². The van der Waals surface area contributed by atoms with Crippen LogP contribution in [0.4, 0.5) is 0 Å². The van der Waals surface area contributed by atoms with Gasteiger partial charge in [-0.1, -0.05) is 0 Å². The number of carboxylic acid groups (broad SMARTS) is 1. The highest BCUT2D eigenvalue weighted by Gasteiger charge is 2.13. The van der Waals surface area contributed by atoms with E-state index in [0.29, 0.717) is 13.2 Å². The number of aliphatic hydroxyl groups is 1.